The van der Waals surface area contributed by atoms with Gasteiger partial charge in [0.05, 0.1) is 17.2 Å². The summed E-state index contributed by atoms with van der Waals surface area (Å²) in [5.41, 5.74) is -1.02. The van der Waals surface area contributed by atoms with Gasteiger partial charge in [0, 0.05) is 19.0 Å². The lowest BCUT2D eigenvalue weighted by Gasteiger charge is -2.24. The molecule has 5 nitrogen and oxygen atoms in total. The second-order valence-electron chi connectivity index (χ2n) is 7.69. The second kappa shape index (κ2) is 6.73. The molecule has 4 rings (SSSR count). The van der Waals surface area contributed by atoms with Crippen LogP contribution in [0, 0.1) is 11.8 Å². The zero-order valence-corrected chi connectivity index (χ0v) is 14.6. The van der Waals surface area contributed by atoms with Crippen molar-refractivity contribution < 1.29 is 27.5 Å². The number of hydrogen-bond acceptors (Lipinski definition) is 3. The van der Waals surface area contributed by atoms with Crippen molar-refractivity contribution in [2.24, 2.45) is 11.8 Å². The zero-order valence-electron chi connectivity index (χ0n) is 14.6. The molecule has 4 atom stereocenters. The van der Waals surface area contributed by atoms with Crippen molar-refractivity contribution in [3.63, 3.8) is 0 Å². The number of amides is 2. The molecule has 3 fully saturated rings. The van der Waals surface area contributed by atoms with Gasteiger partial charge in [-0.2, -0.15) is 13.2 Å². The first kappa shape index (κ1) is 18.1. The van der Waals surface area contributed by atoms with Crippen molar-refractivity contribution in [2.75, 3.05) is 6.54 Å². The van der Waals surface area contributed by atoms with Crippen molar-refractivity contribution in [3.05, 3.63) is 29.3 Å². The Labute approximate surface area is 154 Å². The molecule has 0 bridgehead atoms. The van der Waals surface area contributed by atoms with Crippen molar-refractivity contribution >= 4 is 11.8 Å². The van der Waals surface area contributed by atoms with E-state index in [1.807, 2.05) is 0 Å². The third-order valence-corrected chi connectivity index (χ3v) is 5.63. The van der Waals surface area contributed by atoms with Crippen LogP contribution in [0.15, 0.2) is 18.2 Å². The minimum absolute atomic E-state index is 0.0579. The van der Waals surface area contributed by atoms with Gasteiger partial charge in [0.25, 0.3) is 5.91 Å². The van der Waals surface area contributed by atoms with Crippen LogP contribution in [0.2, 0.25) is 0 Å². The Morgan fingerprint density at radius 2 is 1.93 bits per heavy atom. The summed E-state index contributed by atoms with van der Waals surface area (Å²) in [5, 5.41) is 5.34. The van der Waals surface area contributed by atoms with E-state index >= 15 is 0 Å². The summed E-state index contributed by atoms with van der Waals surface area (Å²) in [7, 11) is 0. The molecule has 146 valence electrons. The Morgan fingerprint density at radius 1 is 1.19 bits per heavy atom. The molecule has 2 N–H and O–H groups in total. The van der Waals surface area contributed by atoms with Crippen LogP contribution in [0.1, 0.15) is 48.0 Å². The second-order valence-corrected chi connectivity index (χ2v) is 7.69. The van der Waals surface area contributed by atoms with Crippen molar-refractivity contribution in [2.45, 2.75) is 50.4 Å². The van der Waals surface area contributed by atoms with E-state index < -0.39 is 23.7 Å². The molecule has 1 aromatic carbocycles. The minimum atomic E-state index is -4.55. The molecule has 0 spiro atoms. The van der Waals surface area contributed by atoms with Gasteiger partial charge in [-0.05, 0) is 55.7 Å². The van der Waals surface area contributed by atoms with E-state index in [4.69, 9.17) is 4.74 Å². The number of hydrogen-bond donors (Lipinski definition) is 2. The van der Waals surface area contributed by atoms with Gasteiger partial charge in [0.2, 0.25) is 5.91 Å². The lowest BCUT2D eigenvalue weighted by Crippen LogP contribution is -2.45. The summed E-state index contributed by atoms with van der Waals surface area (Å²) in [5.74, 6) is 0.660. The average molecular weight is 382 g/mol. The highest BCUT2D eigenvalue weighted by Gasteiger charge is 2.47. The number of piperidine rings is 1. The summed E-state index contributed by atoms with van der Waals surface area (Å²) < 4.78 is 45.2. The van der Waals surface area contributed by atoms with Gasteiger partial charge in [-0.25, -0.2) is 0 Å². The number of fused-ring (bicyclic) bond motifs is 1. The van der Waals surface area contributed by atoms with E-state index in [9.17, 15) is 22.8 Å². The largest absolute Gasteiger partial charge is 0.490 e. The SMILES string of the molecule is O=C1CC(NC(=O)c2cc(C(F)(F)F)ccc2OC2C[C@@H]3C[C@@H]3C2)CCN1. The molecule has 3 aliphatic rings. The highest BCUT2D eigenvalue weighted by atomic mass is 19.4. The standard InChI is InChI=1S/C19H21F3N2O3/c20-19(21,22)12-1-2-16(27-14-6-10-5-11(10)7-14)15(8-12)18(26)24-13-3-4-23-17(25)9-13/h1-2,8,10-11,13-14H,3-7,9H2,(H,23,25)(H,24,26)/t10-,11+,13?,14?. The van der Waals surface area contributed by atoms with Crippen molar-refractivity contribution in [1.29, 1.82) is 0 Å². The minimum Gasteiger partial charge on any atom is -0.490 e. The van der Waals surface area contributed by atoms with Crippen LogP contribution >= 0.6 is 0 Å². The number of carbonyl (C=O) groups is 2. The van der Waals surface area contributed by atoms with Gasteiger partial charge in [0.15, 0.2) is 0 Å². The van der Waals surface area contributed by atoms with E-state index in [2.05, 4.69) is 10.6 Å². The Balaban J connectivity index is 1.54. The molecule has 1 heterocycles. The van der Waals surface area contributed by atoms with Crippen LogP contribution in [0.4, 0.5) is 13.2 Å². The maximum Gasteiger partial charge on any atom is 0.416 e. The van der Waals surface area contributed by atoms with Crippen LogP contribution < -0.4 is 15.4 Å². The third kappa shape index (κ3) is 4.04. The van der Waals surface area contributed by atoms with E-state index in [0.717, 1.165) is 25.0 Å². The molecule has 0 aromatic heterocycles. The monoisotopic (exact) mass is 382 g/mol. The van der Waals surface area contributed by atoms with Crippen LogP contribution in [-0.4, -0.2) is 30.5 Å². The number of nitrogens with one attached hydrogen (secondary N) is 2. The summed E-state index contributed by atoms with van der Waals surface area (Å²) in [6.45, 7) is 0.431. The summed E-state index contributed by atoms with van der Waals surface area (Å²) in [4.78, 5) is 24.1. The average Bonchev–Trinajstić information content (AvgIpc) is 3.20. The lowest BCUT2D eigenvalue weighted by molar-refractivity contribution is -0.137. The first-order chi connectivity index (χ1) is 12.8. The fourth-order valence-corrected chi connectivity index (χ4v) is 4.09. The van der Waals surface area contributed by atoms with E-state index in [1.54, 1.807) is 0 Å². The Kier molecular flexibility index (Phi) is 4.52. The number of carbonyl (C=O) groups excluding carboxylic acids is 2. The van der Waals surface area contributed by atoms with Gasteiger partial charge >= 0.3 is 6.18 Å². The van der Waals surface area contributed by atoms with Crippen molar-refractivity contribution in [1.82, 2.24) is 10.6 Å². The quantitative estimate of drug-likeness (QED) is 0.842. The summed E-state index contributed by atoms with van der Waals surface area (Å²) in [6.07, 6.45) is -0.981. The molecule has 1 saturated heterocycles. The molecule has 2 saturated carbocycles. The zero-order chi connectivity index (χ0) is 19.2. The Bertz CT molecular complexity index is 755. The first-order valence-electron chi connectivity index (χ1n) is 9.25. The Hall–Kier alpha value is -2.25. The lowest BCUT2D eigenvalue weighted by atomic mass is 10.0. The molecule has 0 radical (unpaired) electrons. The van der Waals surface area contributed by atoms with E-state index in [-0.39, 0.29) is 29.7 Å². The smallest absolute Gasteiger partial charge is 0.416 e. The highest BCUT2D eigenvalue weighted by molar-refractivity contribution is 5.97. The maximum absolute atomic E-state index is 13.1. The maximum atomic E-state index is 13.1. The van der Waals surface area contributed by atoms with E-state index in [0.29, 0.717) is 24.8 Å². The molecule has 2 unspecified atom stereocenters. The van der Waals surface area contributed by atoms with Crippen LogP contribution in [0.3, 0.4) is 0 Å². The third-order valence-electron chi connectivity index (χ3n) is 5.63. The fraction of sp³-hybridized carbons (Fsp3) is 0.579. The molecule has 2 amide bonds. The predicted molar refractivity (Wildman–Crippen MR) is 90.2 cm³/mol. The summed E-state index contributed by atoms with van der Waals surface area (Å²) >= 11 is 0. The molecule has 8 heteroatoms. The number of alkyl halides is 3. The number of benzene rings is 1. The van der Waals surface area contributed by atoms with Gasteiger partial charge < -0.3 is 15.4 Å². The Morgan fingerprint density at radius 3 is 2.59 bits per heavy atom. The molecule has 1 aromatic rings. The fourth-order valence-electron chi connectivity index (χ4n) is 4.09. The van der Waals surface area contributed by atoms with Gasteiger partial charge in [0.1, 0.15) is 5.75 Å². The van der Waals surface area contributed by atoms with Gasteiger partial charge in [-0.1, -0.05) is 0 Å². The highest BCUT2D eigenvalue weighted by Crippen LogP contribution is 2.52. The van der Waals surface area contributed by atoms with Crippen molar-refractivity contribution in [3.8, 4) is 5.75 Å². The topological polar surface area (TPSA) is 67.4 Å². The molecule has 2 aliphatic carbocycles. The molecule has 27 heavy (non-hydrogen) atoms. The van der Waals surface area contributed by atoms with Crippen LogP contribution in [0.5, 0.6) is 5.75 Å². The van der Waals surface area contributed by atoms with Gasteiger partial charge in [-0.15, -0.1) is 0 Å². The summed E-state index contributed by atoms with van der Waals surface area (Å²) in [6, 6.07) is 2.61. The number of ether oxygens (including phenoxy) is 1. The van der Waals surface area contributed by atoms with Crippen LogP contribution in [0.25, 0.3) is 0 Å². The molecular weight excluding hydrogens is 361 g/mol. The number of halogens is 3. The van der Waals surface area contributed by atoms with Gasteiger partial charge in [-0.3, -0.25) is 9.59 Å². The predicted octanol–water partition coefficient (Wildman–Crippen LogP) is 2.89. The van der Waals surface area contributed by atoms with Crippen LogP contribution in [-0.2, 0) is 11.0 Å². The van der Waals surface area contributed by atoms with E-state index in [1.165, 1.54) is 12.5 Å². The number of rotatable bonds is 4. The normalized spacial score (nSPS) is 29.7. The first-order valence-corrected chi connectivity index (χ1v) is 9.25. The molecular formula is C19H21F3N2O3. The molecule has 1 aliphatic heterocycles.